The molecular formula is C20H22N2O3S. The molecule has 2 aromatic heterocycles. The zero-order valence-electron chi connectivity index (χ0n) is 15.2. The van der Waals surface area contributed by atoms with Gasteiger partial charge in [0.05, 0.1) is 10.8 Å². The molecule has 0 saturated heterocycles. The van der Waals surface area contributed by atoms with Crippen molar-refractivity contribution in [2.45, 2.75) is 40.2 Å². The Morgan fingerprint density at radius 3 is 2.58 bits per heavy atom. The Labute approximate surface area is 155 Å². The first-order chi connectivity index (χ1) is 12.3. The molecule has 0 amide bonds. The lowest BCUT2D eigenvalue weighted by molar-refractivity contribution is -0.147. The molecule has 0 fully saturated rings. The predicted molar refractivity (Wildman–Crippen MR) is 104 cm³/mol. The Kier molecular flexibility index (Phi) is 4.96. The molecule has 0 atom stereocenters. The van der Waals surface area contributed by atoms with Gasteiger partial charge in [0, 0.05) is 17.8 Å². The van der Waals surface area contributed by atoms with Crippen LogP contribution in [-0.2, 0) is 24.2 Å². The normalized spacial score (nSPS) is 11.8. The highest BCUT2D eigenvalue weighted by atomic mass is 32.1. The lowest BCUT2D eigenvalue weighted by Crippen LogP contribution is -2.36. The molecular weight excluding hydrogens is 348 g/mol. The number of fused-ring (bicyclic) bond motifs is 1. The van der Waals surface area contributed by atoms with E-state index in [1.54, 1.807) is 13.8 Å². The standard InChI is InChI=1S/C20H22N2O3S/c1-4-14-11-15-17(26-14)21-16(10-13-8-6-5-7-9-13)22(18(15)23)12-20(2,3)19(24)25/h5-9,11H,4,10,12H2,1-3H3,(H,24,25). The predicted octanol–water partition coefficient (Wildman–Crippen LogP) is 3.72. The molecule has 0 aliphatic carbocycles. The summed E-state index contributed by atoms with van der Waals surface area (Å²) in [5.74, 6) is -0.331. The number of aromatic nitrogens is 2. The van der Waals surface area contributed by atoms with E-state index >= 15 is 0 Å². The Balaban J connectivity index is 2.17. The first-order valence-electron chi connectivity index (χ1n) is 8.61. The van der Waals surface area contributed by atoms with Crippen molar-refractivity contribution in [3.63, 3.8) is 0 Å². The number of carboxylic acids is 1. The average Bonchev–Trinajstić information content (AvgIpc) is 3.02. The van der Waals surface area contributed by atoms with Crippen molar-refractivity contribution in [2.24, 2.45) is 5.41 Å². The number of thiophene rings is 1. The van der Waals surface area contributed by atoms with Crippen LogP contribution in [0.2, 0.25) is 0 Å². The van der Waals surface area contributed by atoms with Gasteiger partial charge in [-0.1, -0.05) is 37.3 Å². The van der Waals surface area contributed by atoms with Gasteiger partial charge in [0.2, 0.25) is 0 Å². The number of rotatable bonds is 6. The van der Waals surface area contributed by atoms with Gasteiger partial charge in [-0.15, -0.1) is 11.3 Å². The van der Waals surface area contributed by atoms with Crippen LogP contribution in [0, 0.1) is 5.41 Å². The van der Waals surface area contributed by atoms with E-state index in [1.165, 1.54) is 15.9 Å². The van der Waals surface area contributed by atoms with Crippen molar-refractivity contribution in [2.75, 3.05) is 0 Å². The fraction of sp³-hybridized carbons (Fsp3) is 0.350. The second kappa shape index (κ2) is 7.03. The van der Waals surface area contributed by atoms with Gasteiger partial charge in [-0.2, -0.15) is 0 Å². The number of hydrogen-bond acceptors (Lipinski definition) is 4. The molecule has 0 saturated carbocycles. The minimum absolute atomic E-state index is 0.0869. The van der Waals surface area contributed by atoms with Gasteiger partial charge < -0.3 is 5.11 Å². The topological polar surface area (TPSA) is 72.2 Å². The monoisotopic (exact) mass is 370 g/mol. The summed E-state index contributed by atoms with van der Waals surface area (Å²) in [4.78, 5) is 31.3. The van der Waals surface area contributed by atoms with Crippen LogP contribution in [0.5, 0.6) is 0 Å². The molecule has 136 valence electrons. The van der Waals surface area contributed by atoms with Gasteiger partial charge in [-0.25, -0.2) is 4.98 Å². The summed E-state index contributed by atoms with van der Waals surface area (Å²) >= 11 is 1.53. The van der Waals surface area contributed by atoms with E-state index < -0.39 is 11.4 Å². The molecule has 3 aromatic rings. The van der Waals surface area contributed by atoms with Crippen molar-refractivity contribution in [3.8, 4) is 0 Å². The van der Waals surface area contributed by atoms with E-state index in [9.17, 15) is 14.7 Å². The van der Waals surface area contributed by atoms with Crippen molar-refractivity contribution < 1.29 is 9.90 Å². The van der Waals surface area contributed by atoms with Gasteiger partial charge in [0.15, 0.2) is 0 Å². The molecule has 0 aliphatic rings. The molecule has 0 bridgehead atoms. The van der Waals surface area contributed by atoms with Gasteiger partial charge in [0.1, 0.15) is 10.7 Å². The highest BCUT2D eigenvalue weighted by Gasteiger charge is 2.30. The first-order valence-corrected chi connectivity index (χ1v) is 9.43. The zero-order chi connectivity index (χ0) is 18.9. The summed E-state index contributed by atoms with van der Waals surface area (Å²) in [6.07, 6.45) is 1.33. The molecule has 0 radical (unpaired) electrons. The van der Waals surface area contributed by atoms with Crippen LogP contribution in [0.4, 0.5) is 0 Å². The maximum absolute atomic E-state index is 13.1. The number of carbonyl (C=O) groups is 1. The van der Waals surface area contributed by atoms with Crippen molar-refractivity contribution in [3.05, 3.63) is 63.0 Å². The molecule has 5 nitrogen and oxygen atoms in total. The Bertz CT molecular complexity index is 1000. The number of aryl methyl sites for hydroxylation is 1. The molecule has 0 aliphatic heterocycles. The third-order valence-electron chi connectivity index (χ3n) is 4.47. The summed E-state index contributed by atoms with van der Waals surface area (Å²) in [7, 11) is 0. The fourth-order valence-corrected chi connectivity index (χ4v) is 3.80. The van der Waals surface area contributed by atoms with Crippen LogP contribution in [-0.4, -0.2) is 20.6 Å². The average molecular weight is 370 g/mol. The van der Waals surface area contributed by atoms with E-state index in [0.29, 0.717) is 17.6 Å². The number of nitrogens with zero attached hydrogens (tertiary/aromatic N) is 2. The van der Waals surface area contributed by atoms with Crippen molar-refractivity contribution >= 4 is 27.5 Å². The van der Waals surface area contributed by atoms with Crippen molar-refractivity contribution in [1.82, 2.24) is 9.55 Å². The largest absolute Gasteiger partial charge is 0.481 e. The van der Waals surface area contributed by atoms with Crippen LogP contribution in [0.15, 0.2) is 41.2 Å². The van der Waals surface area contributed by atoms with E-state index in [0.717, 1.165) is 21.7 Å². The lowest BCUT2D eigenvalue weighted by Gasteiger charge is -2.22. The third-order valence-corrected chi connectivity index (χ3v) is 5.64. The van der Waals surface area contributed by atoms with Crippen LogP contribution in [0.3, 0.4) is 0 Å². The zero-order valence-corrected chi connectivity index (χ0v) is 16.0. The van der Waals surface area contributed by atoms with Crippen LogP contribution in [0.1, 0.15) is 37.0 Å². The molecule has 26 heavy (non-hydrogen) atoms. The van der Waals surface area contributed by atoms with E-state index in [-0.39, 0.29) is 12.1 Å². The van der Waals surface area contributed by atoms with Gasteiger partial charge >= 0.3 is 5.97 Å². The first kappa shape index (κ1) is 18.3. The number of aliphatic carboxylic acids is 1. The summed E-state index contributed by atoms with van der Waals surface area (Å²) in [6, 6.07) is 11.7. The Morgan fingerprint density at radius 1 is 1.27 bits per heavy atom. The molecule has 1 aromatic carbocycles. The van der Waals surface area contributed by atoms with E-state index in [2.05, 4.69) is 0 Å². The highest BCUT2D eigenvalue weighted by Crippen LogP contribution is 2.25. The number of benzene rings is 1. The summed E-state index contributed by atoms with van der Waals surface area (Å²) in [5.41, 5.74) is -0.187. The molecule has 0 unspecified atom stereocenters. The quantitative estimate of drug-likeness (QED) is 0.718. The van der Waals surface area contributed by atoms with Crippen LogP contribution in [0.25, 0.3) is 10.2 Å². The minimum atomic E-state index is -1.06. The fourth-order valence-electron chi connectivity index (χ4n) is 2.82. The SMILES string of the molecule is CCc1cc2c(=O)n(CC(C)(C)C(=O)O)c(Cc3ccccc3)nc2s1. The summed E-state index contributed by atoms with van der Waals surface area (Å²) < 4.78 is 1.54. The summed E-state index contributed by atoms with van der Waals surface area (Å²) in [6.45, 7) is 5.39. The number of hydrogen-bond donors (Lipinski definition) is 1. The van der Waals surface area contributed by atoms with Crippen molar-refractivity contribution in [1.29, 1.82) is 0 Å². The Morgan fingerprint density at radius 2 is 1.96 bits per heavy atom. The maximum Gasteiger partial charge on any atom is 0.310 e. The smallest absolute Gasteiger partial charge is 0.310 e. The van der Waals surface area contributed by atoms with E-state index in [1.807, 2.05) is 43.3 Å². The molecule has 2 heterocycles. The molecule has 1 N–H and O–H groups in total. The van der Waals surface area contributed by atoms with Gasteiger partial charge in [-0.05, 0) is 31.9 Å². The number of carboxylic acid groups (broad SMARTS) is 1. The van der Waals surface area contributed by atoms with Crippen LogP contribution < -0.4 is 5.56 Å². The second-order valence-electron chi connectivity index (χ2n) is 7.06. The molecule has 3 rings (SSSR count). The lowest BCUT2D eigenvalue weighted by atomic mass is 9.93. The third kappa shape index (κ3) is 3.55. The van der Waals surface area contributed by atoms with E-state index in [4.69, 9.17) is 4.98 Å². The molecule has 6 heteroatoms. The second-order valence-corrected chi connectivity index (χ2v) is 8.17. The van der Waals surface area contributed by atoms with Crippen LogP contribution >= 0.6 is 11.3 Å². The maximum atomic E-state index is 13.1. The van der Waals surface area contributed by atoms with Gasteiger partial charge in [0.25, 0.3) is 5.56 Å². The molecule has 0 spiro atoms. The Hall–Kier alpha value is -2.47. The highest BCUT2D eigenvalue weighted by molar-refractivity contribution is 7.18. The summed E-state index contributed by atoms with van der Waals surface area (Å²) in [5, 5.41) is 10.1. The minimum Gasteiger partial charge on any atom is -0.481 e. The van der Waals surface area contributed by atoms with Gasteiger partial charge in [-0.3, -0.25) is 14.2 Å².